The average Bonchev–Trinajstić information content (AvgIpc) is 3.26. The molecule has 10 nitrogen and oxygen atoms in total. The van der Waals surface area contributed by atoms with Gasteiger partial charge in [0.1, 0.15) is 5.69 Å². The summed E-state index contributed by atoms with van der Waals surface area (Å²) in [6.45, 7) is 6.65. The normalized spacial score (nSPS) is 21.6. The molecule has 0 fully saturated rings. The number of nitrogens with zero attached hydrogens (tertiary/aromatic N) is 5. The SMILES string of the molecule is Cc1ccc(S(=O)(=O)N(C)C[C@H]2OCc3cn(nn3)CCCC(=O)N([C@H](C)CO)C[C@@H]2C)cc1. The van der Waals surface area contributed by atoms with Gasteiger partial charge >= 0.3 is 0 Å². The van der Waals surface area contributed by atoms with Crippen molar-refractivity contribution in [1.29, 1.82) is 0 Å². The number of aromatic nitrogens is 3. The first-order valence-electron chi connectivity index (χ1n) is 11.6. The molecule has 0 radical (unpaired) electrons. The van der Waals surface area contributed by atoms with Crippen LogP contribution in [0.3, 0.4) is 0 Å². The summed E-state index contributed by atoms with van der Waals surface area (Å²) < 4.78 is 35.5. The fraction of sp³-hybridized carbons (Fsp3) is 0.609. The van der Waals surface area contributed by atoms with Gasteiger partial charge in [-0.2, -0.15) is 4.31 Å². The Hall–Kier alpha value is -2.34. The van der Waals surface area contributed by atoms with Crippen LogP contribution < -0.4 is 0 Å². The molecule has 0 spiro atoms. The van der Waals surface area contributed by atoms with Gasteiger partial charge < -0.3 is 14.7 Å². The predicted molar refractivity (Wildman–Crippen MR) is 126 cm³/mol. The molecule has 1 amide bonds. The molecular weight excluding hydrogens is 458 g/mol. The fourth-order valence-corrected chi connectivity index (χ4v) is 5.12. The summed E-state index contributed by atoms with van der Waals surface area (Å²) in [6.07, 6.45) is 2.19. The topological polar surface area (TPSA) is 118 Å². The average molecular weight is 494 g/mol. The monoisotopic (exact) mass is 493 g/mol. The molecule has 1 aliphatic heterocycles. The van der Waals surface area contributed by atoms with Crippen molar-refractivity contribution in [2.45, 2.75) is 63.8 Å². The lowest BCUT2D eigenvalue weighted by Gasteiger charge is -2.35. The van der Waals surface area contributed by atoms with Gasteiger partial charge in [0.2, 0.25) is 15.9 Å². The number of hydrogen-bond acceptors (Lipinski definition) is 7. The van der Waals surface area contributed by atoms with E-state index in [9.17, 15) is 18.3 Å². The van der Waals surface area contributed by atoms with Crippen molar-refractivity contribution in [2.75, 3.05) is 26.7 Å². The van der Waals surface area contributed by atoms with Crippen LogP contribution in [0.15, 0.2) is 35.4 Å². The Morgan fingerprint density at radius 2 is 2.00 bits per heavy atom. The van der Waals surface area contributed by atoms with Crippen molar-refractivity contribution in [3.05, 3.63) is 41.7 Å². The van der Waals surface area contributed by atoms with Crippen LogP contribution in [0.1, 0.15) is 37.9 Å². The number of ether oxygens (including phenoxy) is 1. The lowest BCUT2D eigenvalue weighted by molar-refractivity contribution is -0.136. The van der Waals surface area contributed by atoms with Gasteiger partial charge in [-0.1, -0.05) is 29.8 Å². The predicted octanol–water partition coefficient (Wildman–Crippen LogP) is 1.43. The van der Waals surface area contributed by atoms with Crippen LogP contribution in [0.25, 0.3) is 0 Å². The Morgan fingerprint density at radius 1 is 1.29 bits per heavy atom. The molecule has 0 unspecified atom stereocenters. The summed E-state index contributed by atoms with van der Waals surface area (Å²) in [5.74, 6) is -0.267. The summed E-state index contributed by atoms with van der Waals surface area (Å²) in [5.41, 5.74) is 1.62. The number of aryl methyl sites for hydroxylation is 2. The zero-order chi connectivity index (χ0) is 24.9. The van der Waals surface area contributed by atoms with Crippen LogP contribution in [0, 0.1) is 12.8 Å². The quantitative estimate of drug-likeness (QED) is 0.647. The summed E-state index contributed by atoms with van der Waals surface area (Å²) in [4.78, 5) is 14.8. The van der Waals surface area contributed by atoms with Gasteiger partial charge in [0.25, 0.3) is 0 Å². The highest BCUT2D eigenvalue weighted by atomic mass is 32.2. The molecule has 1 aliphatic rings. The minimum absolute atomic E-state index is 0.0626. The van der Waals surface area contributed by atoms with E-state index in [0.717, 1.165) is 5.56 Å². The van der Waals surface area contributed by atoms with Gasteiger partial charge in [0.05, 0.1) is 36.5 Å². The molecule has 1 N–H and O–H groups in total. The lowest BCUT2D eigenvalue weighted by Crippen LogP contribution is -2.47. The first kappa shape index (κ1) is 26.3. The minimum atomic E-state index is -3.72. The van der Waals surface area contributed by atoms with Crippen molar-refractivity contribution in [1.82, 2.24) is 24.2 Å². The molecule has 2 bridgehead atoms. The van der Waals surface area contributed by atoms with Crippen molar-refractivity contribution < 1.29 is 23.1 Å². The number of aliphatic hydroxyl groups is 1. The second-order valence-corrected chi connectivity index (χ2v) is 11.1. The fourth-order valence-electron chi connectivity index (χ4n) is 3.93. The summed E-state index contributed by atoms with van der Waals surface area (Å²) in [6, 6.07) is 6.37. The van der Waals surface area contributed by atoms with Gasteiger partial charge in [-0.15, -0.1) is 5.10 Å². The highest BCUT2D eigenvalue weighted by Crippen LogP contribution is 2.21. The maximum absolute atomic E-state index is 13.2. The number of carbonyl (C=O) groups is 1. The van der Waals surface area contributed by atoms with E-state index in [1.807, 2.05) is 13.8 Å². The van der Waals surface area contributed by atoms with Crippen LogP contribution in [0.2, 0.25) is 0 Å². The molecule has 3 atom stereocenters. The maximum Gasteiger partial charge on any atom is 0.242 e. The Bertz CT molecular complexity index is 1060. The Kier molecular flexibility index (Phi) is 8.80. The molecule has 34 heavy (non-hydrogen) atoms. The number of benzene rings is 1. The van der Waals surface area contributed by atoms with Crippen LogP contribution in [0.5, 0.6) is 0 Å². The highest BCUT2D eigenvalue weighted by Gasteiger charge is 2.31. The third-order valence-electron chi connectivity index (χ3n) is 6.21. The molecule has 1 aromatic carbocycles. The van der Waals surface area contributed by atoms with E-state index in [2.05, 4.69) is 10.3 Å². The zero-order valence-corrected chi connectivity index (χ0v) is 21.1. The van der Waals surface area contributed by atoms with Crippen LogP contribution in [-0.2, 0) is 32.7 Å². The summed E-state index contributed by atoms with van der Waals surface area (Å²) in [5, 5.41) is 17.9. The summed E-state index contributed by atoms with van der Waals surface area (Å²) >= 11 is 0. The molecule has 2 heterocycles. The molecule has 0 saturated heterocycles. The van der Waals surface area contributed by atoms with Crippen molar-refractivity contribution in [2.24, 2.45) is 5.92 Å². The number of carbonyl (C=O) groups excluding carboxylic acids is 1. The molecule has 1 aromatic heterocycles. The zero-order valence-electron chi connectivity index (χ0n) is 20.3. The number of likely N-dealkylation sites (N-methyl/N-ethyl adjacent to an activating group) is 1. The van der Waals surface area contributed by atoms with Crippen molar-refractivity contribution in [3.8, 4) is 0 Å². The van der Waals surface area contributed by atoms with Gasteiger partial charge in [-0.25, -0.2) is 8.42 Å². The Labute approximate surface area is 201 Å². The van der Waals surface area contributed by atoms with E-state index in [-0.39, 0.29) is 42.5 Å². The van der Waals surface area contributed by atoms with Gasteiger partial charge in [0, 0.05) is 39.0 Å². The van der Waals surface area contributed by atoms with Crippen molar-refractivity contribution >= 4 is 15.9 Å². The van der Waals surface area contributed by atoms with Crippen molar-refractivity contribution in [3.63, 3.8) is 0 Å². The number of fused-ring (bicyclic) bond motifs is 2. The van der Waals surface area contributed by atoms with E-state index in [4.69, 9.17) is 4.74 Å². The first-order valence-corrected chi connectivity index (χ1v) is 13.0. The largest absolute Gasteiger partial charge is 0.394 e. The molecular formula is C23H35N5O5S. The smallest absolute Gasteiger partial charge is 0.242 e. The molecule has 11 heteroatoms. The summed E-state index contributed by atoms with van der Waals surface area (Å²) in [7, 11) is -2.19. The molecule has 0 saturated carbocycles. The van der Waals surface area contributed by atoms with Crippen LogP contribution in [-0.4, -0.2) is 82.5 Å². The highest BCUT2D eigenvalue weighted by molar-refractivity contribution is 7.89. The number of amides is 1. The van der Waals surface area contributed by atoms with E-state index < -0.39 is 16.1 Å². The van der Waals surface area contributed by atoms with Gasteiger partial charge in [0.15, 0.2) is 0 Å². The third-order valence-corrected chi connectivity index (χ3v) is 8.05. The Morgan fingerprint density at radius 3 is 2.68 bits per heavy atom. The van der Waals surface area contributed by atoms with Gasteiger partial charge in [-0.05, 0) is 32.4 Å². The van der Waals surface area contributed by atoms with Gasteiger partial charge in [-0.3, -0.25) is 9.48 Å². The molecule has 2 aromatic rings. The molecule has 188 valence electrons. The second-order valence-electron chi connectivity index (χ2n) is 9.08. The standard InChI is InChI=1S/C23H35N5O5S/c1-17-7-9-21(10-8-17)34(31,32)26(4)14-22-18(2)12-28(19(3)15-29)23(30)6-5-11-27-13-20(16-33-22)24-25-27/h7-10,13,18-19,22,29H,5-6,11-12,14-16H2,1-4H3/t18-,19+,22+/m0/s1. The number of sulfonamides is 1. The van der Waals surface area contributed by atoms with Crippen LogP contribution in [0.4, 0.5) is 0 Å². The molecule has 0 aliphatic carbocycles. The lowest BCUT2D eigenvalue weighted by atomic mass is 10.0. The number of hydrogen-bond donors (Lipinski definition) is 1. The first-order chi connectivity index (χ1) is 16.1. The second kappa shape index (κ2) is 11.4. The van der Waals surface area contributed by atoms with E-state index >= 15 is 0 Å². The van der Waals surface area contributed by atoms with Crippen LogP contribution >= 0.6 is 0 Å². The van der Waals surface area contributed by atoms with E-state index in [1.165, 1.54) is 11.4 Å². The molecule has 3 rings (SSSR count). The Balaban J connectivity index is 1.85. The number of rotatable bonds is 6. The number of aliphatic hydroxyl groups excluding tert-OH is 1. The van der Waals surface area contributed by atoms with E-state index in [0.29, 0.717) is 31.6 Å². The maximum atomic E-state index is 13.2. The van der Waals surface area contributed by atoms with E-state index in [1.54, 1.807) is 47.0 Å². The third kappa shape index (κ3) is 6.41. The minimum Gasteiger partial charge on any atom is -0.394 e.